The minimum absolute atomic E-state index is 0. The first-order chi connectivity index (χ1) is 16.7. The van der Waals surface area contributed by atoms with Crippen LogP contribution >= 0.6 is 0 Å². The molecule has 0 fully saturated rings. The van der Waals surface area contributed by atoms with Gasteiger partial charge in [-0.3, -0.25) is 9.78 Å². The number of nitrogens with zero attached hydrogens (tertiary/aromatic N) is 1. The fourth-order valence-electron chi connectivity index (χ4n) is 4.56. The van der Waals surface area contributed by atoms with Crippen LogP contribution in [0.15, 0.2) is 72.5 Å². The molecule has 0 bridgehead atoms. The Labute approximate surface area is 234 Å². The second-order valence-corrected chi connectivity index (χ2v) is 12.2. The average Bonchev–Trinajstić information content (AvgIpc) is 2.81. The topological polar surface area (TPSA) is 50.2 Å². The van der Waals surface area contributed by atoms with E-state index in [2.05, 4.69) is 74.5 Å². The fourth-order valence-corrected chi connectivity index (χ4v) is 4.56. The molecule has 0 saturated heterocycles. The third-order valence-electron chi connectivity index (χ3n) is 6.94. The number of aliphatic hydroxyl groups excluding tert-OH is 1. The van der Waals surface area contributed by atoms with E-state index in [1.807, 2.05) is 47.6 Å². The van der Waals surface area contributed by atoms with Crippen molar-refractivity contribution >= 4 is 27.5 Å². The zero-order valence-electron chi connectivity index (χ0n) is 23.0. The van der Waals surface area contributed by atoms with Crippen molar-refractivity contribution < 1.29 is 30.0 Å². The first kappa shape index (κ1) is 28.8. The van der Waals surface area contributed by atoms with Crippen molar-refractivity contribution in [2.24, 2.45) is 10.8 Å². The van der Waals surface area contributed by atoms with Gasteiger partial charge >= 0.3 is 0 Å². The summed E-state index contributed by atoms with van der Waals surface area (Å²) in [5.41, 5.74) is 5.13. The molecule has 0 unspecified atom stereocenters. The zero-order chi connectivity index (χ0) is 26.5. The van der Waals surface area contributed by atoms with Crippen molar-refractivity contribution in [3.63, 3.8) is 0 Å². The quantitative estimate of drug-likeness (QED) is 0.0956. The molecule has 37 heavy (non-hydrogen) atoms. The van der Waals surface area contributed by atoms with Gasteiger partial charge in [-0.25, -0.2) is 0 Å². The summed E-state index contributed by atoms with van der Waals surface area (Å²) in [7, 11) is 0. The van der Waals surface area contributed by atoms with E-state index in [9.17, 15) is 9.90 Å². The molecule has 1 aromatic heterocycles. The molecule has 4 heteroatoms. The Morgan fingerprint density at radius 3 is 2.14 bits per heavy atom. The summed E-state index contributed by atoms with van der Waals surface area (Å²) < 4.78 is 0. The SMILES string of the molecule is CC(C)(C)C(=O)/C=C(\O)C(C)(C)C.CC1(C)c2ccc[c-]c2-c2nc3ccccc3c3cccc1c23.[Ir]. The van der Waals surface area contributed by atoms with E-state index in [-0.39, 0.29) is 42.5 Å². The zero-order valence-corrected chi connectivity index (χ0v) is 25.4. The third-order valence-corrected chi connectivity index (χ3v) is 6.94. The number of carbonyl (C=O) groups is 1. The summed E-state index contributed by atoms with van der Waals surface area (Å²) in [5, 5.41) is 13.4. The van der Waals surface area contributed by atoms with Crippen LogP contribution in [0.3, 0.4) is 0 Å². The van der Waals surface area contributed by atoms with Crippen LogP contribution in [0.4, 0.5) is 0 Å². The third kappa shape index (κ3) is 5.42. The second-order valence-electron chi connectivity index (χ2n) is 12.2. The van der Waals surface area contributed by atoms with Gasteiger partial charge in [-0.05, 0) is 33.5 Å². The number of hydrogen-bond donors (Lipinski definition) is 1. The molecule has 1 aliphatic rings. The van der Waals surface area contributed by atoms with E-state index < -0.39 is 5.41 Å². The van der Waals surface area contributed by atoms with Gasteiger partial charge in [0.1, 0.15) is 5.76 Å². The van der Waals surface area contributed by atoms with Crippen molar-refractivity contribution in [1.29, 1.82) is 0 Å². The second kappa shape index (κ2) is 10.2. The number of hydrogen-bond acceptors (Lipinski definition) is 3. The fraction of sp³-hybridized carbons (Fsp3) is 0.333. The molecule has 0 spiro atoms. The van der Waals surface area contributed by atoms with Crippen LogP contribution < -0.4 is 0 Å². The molecule has 1 heterocycles. The molecule has 5 rings (SSSR count). The van der Waals surface area contributed by atoms with E-state index in [0.717, 1.165) is 16.8 Å². The number of benzene rings is 3. The van der Waals surface area contributed by atoms with Crippen molar-refractivity contribution in [3.8, 4) is 11.3 Å². The largest absolute Gasteiger partial charge is 0.512 e. The van der Waals surface area contributed by atoms with Gasteiger partial charge in [0.05, 0.1) is 5.52 Å². The number of pyridine rings is 1. The summed E-state index contributed by atoms with van der Waals surface area (Å²) in [6.45, 7) is 15.7. The summed E-state index contributed by atoms with van der Waals surface area (Å²) >= 11 is 0. The molecule has 3 aromatic carbocycles. The van der Waals surface area contributed by atoms with Crippen molar-refractivity contribution in [2.75, 3.05) is 0 Å². The van der Waals surface area contributed by atoms with Crippen molar-refractivity contribution in [2.45, 2.75) is 60.8 Å². The molecule has 0 saturated carbocycles. The van der Waals surface area contributed by atoms with Crippen molar-refractivity contribution in [3.05, 3.63) is 89.7 Å². The number of ketones is 1. The summed E-state index contributed by atoms with van der Waals surface area (Å²) in [5.74, 6) is 0.104. The number of carbonyl (C=O) groups excluding carboxylic acids is 1. The van der Waals surface area contributed by atoms with Crippen LogP contribution in [-0.4, -0.2) is 15.9 Å². The maximum absolute atomic E-state index is 11.5. The Bertz CT molecular complexity index is 1500. The average molecular weight is 671 g/mol. The number of fused-ring (bicyclic) bond motifs is 4. The summed E-state index contributed by atoms with van der Waals surface area (Å²) in [6, 6.07) is 24.8. The van der Waals surface area contributed by atoms with Gasteiger partial charge in [-0.2, -0.15) is 0 Å². The standard InChI is InChI=1S/C22H16N.C11H20O2.Ir/c1-22(2)17-11-5-3-9-16(17)21-20-15(10-7-12-18(20)22)14-8-4-6-13-19(14)23-21;1-10(2,3)8(12)7-9(13)11(4,5)6;/h3-8,10-13H,1-2H3;7,12H,1-6H3;/q-1;;/b;8-7-;. The number of allylic oxidation sites excluding steroid dienone is 2. The first-order valence-electron chi connectivity index (χ1n) is 12.5. The molecule has 0 aliphatic heterocycles. The smallest absolute Gasteiger partial charge is 0.164 e. The molecule has 195 valence electrons. The Kier molecular flexibility index (Phi) is 7.89. The molecule has 3 nitrogen and oxygen atoms in total. The molecular weight excluding hydrogens is 635 g/mol. The van der Waals surface area contributed by atoms with Gasteiger partial charge in [-0.1, -0.05) is 91.8 Å². The van der Waals surface area contributed by atoms with Crippen LogP contribution in [0.25, 0.3) is 32.9 Å². The Hall–Kier alpha value is -2.81. The van der Waals surface area contributed by atoms with Gasteiger partial charge < -0.3 is 5.11 Å². The van der Waals surface area contributed by atoms with Crippen LogP contribution in [0.2, 0.25) is 0 Å². The monoisotopic (exact) mass is 671 g/mol. The Balaban J connectivity index is 0.000000237. The molecule has 0 atom stereocenters. The molecule has 1 N–H and O–H groups in total. The number of aromatic nitrogens is 1. The van der Waals surface area contributed by atoms with Crippen LogP contribution in [-0.2, 0) is 30.3 Å². The molecule has 0 amide bonds. The van der Waals surface area contributed by atoms with Gasteiger partial charge in [0.2, 0.25) is 0 Å². The maximum Gasteiger partial charge on any atom is 0.164 e. The summed E-state index contributed by atoms with van der Waals surface area (Å²) in [4.78, 5) is 16.5. The number of aliphatic hydroxyl groups is 1. The molecular formula is C33H36IrNO2-. The van der Waals surface area contributed by atoms with Gasteiger partial charge in [0.25, 0.3) is 0 Å². The van der Waals surface area contributed by atoms with Gasteiger partial charge in [-0.15, -0.1) is 35.4 Å². The minimum Gasteiger partial charge on any atom is -0.512 e. The Morgan fingerprint density at radius 1 is 0.865 bits per heavy atom. The Morgan fingerprint density at radius 2 is 1.49 bits per heavy atom. The predicted molar refractivity (Wildman–Crippen MR) is 150 cm³/mol. The van der Waals surface area contributed by atoms with E-state index in [1.165, 1.54) is 33.4 Å². The van der Waals surface area contributed by atoms with Crippen LogP contribution in [0, 0.1) is 16.9 Å². The van der Waals surface area contributed by atoms with Gasteiger partial charge in [0.15, 0.2) is 5.78 Å². The van der Waals surface area contributed by atoms with Crippen LogP contribution in [0.5, 0.6) is 0 Å². The number of rotatable bonds is 1. The van der Waals surface area contributed by atoms with E-state index in [1.54, 1.807) is 0 Å². The molecule has 1 radical (unpaired) electrons. The number of para-hydroxylation sites is 1. The predicted octanol–water partition coefficient (Wildman–Crippen LogP) is 8.58. The normalized spacial score (nSPS) is 14.3. The van der Waals surface area contributed by atoms with Crippen LogP contribution in [0.1, 0.15) is 66.5 Å². The van der Waals surface area contributed by atoms with E-state index >= 15 is 0 Å². The maximum atomic E-state index is 11.5. The van der Waals surface area contributed by atoms with Crippen molar-refractivity contribution in [1.82, 2.24) is 4.98 Å². The molecule has 1 aliphatic carbocycles. The van der Waals surface area contributed by atoms with E-state index in [0.29, 0.717) is 0 Å². The molecule has 4 aromatic rings. The van der Waals surface area contributed by atoms with Gasteiger partial charge in [0, 0.05) is 42.4 Å². The van der Waals surface area contributed by atoms with E-state index in [4.69, 9.17) is 4.98 Å². The minimum atomic E-state index is -0.417. The first-order valence-corrected chi connectivity index (χ1v) is 12.5. The summed E-state index contributed by atoms with van der Waals surface area (Å²) in [6.07, 6.45) is 1.33.